The summed E-state index contributed by atoms with van der Waals surface area (Å²) in [5.74, 6) is 0. The van der Waals surface area contributed by atoms with Crippen molar-refractivity contribution in [1.82, 2.24) is 0 Å². The standard InChI is InChI=1S/C50H60B30O/c51-19-12(36(68)48(80)50-18(19)11-10-17(37(69)47(79)49(11)81-50)35(67)46(78)44(76)26(10)58)1-4-6(22(54)41(73)39(71)20(4)52)2(7-5(1)21(53)40(72)42(74)23(7)55)13-27(59)30(62)15(31(63)28(13)60)8-3-9-16(34(66)45(77)43(75)25(9)57)32(64)29(61)14(3)33(65)38(70)24(8)56/h51-80H2. The van der Waals surface area contributed by atoms with E-state index in [0.717, 1.165) is 11.2 Å². The van der Waals surface area contributed by atoms with E-state index in [-0.39, 0.29) is 0 Å². The number of benzene rings is 10. The molecule has 0 atom stereocenters. The van der Waals surface area contributed by atoms with E-state index in [1.807, 2.05) is 0 Å². The van der Waals surface area contributed by atoms with Gasteiger partial charge in [-0.25, -0.2) is 0 Å². The molecule has 0 radical (unpaired) electrons. The van der Waals surface area contributed by atoms with Gasteiger partial charge in [0.15, 0.2) is 0 Å². The van der Waals surface area contributed by atoms with Crippen LogP contribution in [0.2, 0.25) is 0 Å². The van der Waals surface area contributed by atoms with Crippen LogP contribution in [0, 0.1) is 0 Å². The molecule has 81 heavy (non-hydrogen) atoms. The zero-order valence-corrected chi connectivity index (χ0v) is 55.4. The van der Waals surface area contributed by atoms with Crippen LogP contribution >= 0.6 is 0 Å². The van der Waals surface area contributed by atoms with Crippen LogP contribution in [-0.4, -0.2) is 235 Å². The third-order valence-electron chi connectivity index (χ3n) is 23.5. The van der Waals surface area contributed by atoms with Gasteiger partial charge in [0.05, 0.1) is 0 Å². The third-order valence-corrected chi connectivity index (χ3v) is 23.5. The maximum absolute atomic E-state index is 7.31. The topological polar surface area (TPSA) is 13.1 Å². The zero-order valence-electron chi connectivity index (χ0n) is 55.4. The van der Waals surface area contributed by atoms with Crippen molar-refractivity contribution >= 4 is 475 Å². The highest BCUT2D eigenvalue weighted by Crippen LogP contribution is 2.41. The molecule has 0 fully saturated rings. The van der Waals surface area contributed by atoms with Crippen LogP contribution in [0.15, 0.2) is 4.42 Å². The molecule has 0 unspecified atom stereocenters. The quantitative estimate of drug-likeness (QED) is 0.0977. The van der Waals surface area contributed by atoms with Gasteiger partial charge in [0.1, 0.15) is 247 Å². The van der Waals surface area contributed by atoms with Crippen molar-refractivity contribution in [3.8, 4) is 33.4 Å². The van der Waals surface area contributed by atoms with Gasteiger partial charge in [0.2, 0.25) is 0 Å². The molecule has 0 bridgehead atoms. The summed E-state index contributed by atoms with van der Waals surface area (Å²) < 4.78 is 7.31. The smallest absolute Gasteiger partial charge is 0.143 e. The van der Waals surface area contributed by atoms with Crippen molar-refractivity contribution in [2.75, 3.05) is 0 Å². The summed E-state index contributed by atoms with van der Waals surface area (Å²) in [6.07, 6.45) is 0. The normalized spacial score (nSPS) is 12.0. The summed E-state index contributed by atoms with van der Waals surface area (Å²) in [5, 5.41) is 16.6. The minimum Gasteiger partial charge on any atom is -0.457 e. The Balaban J connectivity index is 1.38. The minimum atomic E-state index is 1.03. The van der Waals surface area contributed by atoms with E-state index in [1.165, 1.54) is 262 Å². The first-order valence-electron chi connectivity index (χ1n) is 30.2. The highest BCUT2D eigenvalue weighted by Gasteiger charge is 2.33. The molecule has 31 heteroatoms. The van der Waals surface area contributed by atoms with E-state index in [0.29, 0.717) is 0 Å². The molecule has 0 N–H and O–H groups in total. The van der Waals surface area contributed by atoms with Gasteiger partial charge in [-0.3, -0.25) is 0 Å². The minimum absolute atomic E-state index is 1.03. The molecule has 11 rings (SSSR count). The van der Waals surface area contributed by atoms with Crippen LogP contribution in [-0.2, 0) is 0 Å². The average Bonchev–Trinajstić information content (AvgIpc) is 3.20. The second-order valence-corrected chi connectivity index (χ2v) is 26.3. The van der Waals surface area contributed by atoms with Crippen molar-refractivity contribution in [2.24, 2.45) is 0 Å². The molecule has 0 aliphatic heterocycles. The fourth-order valence-electron chi connectivity index (χ4n) is 16.5. The van der Waals surface area contributed by atoms with Crippen LogP contribution in [0.5, 0.6) is 0 Å². The second kappa shape index (κ2) is 19.4. The predicted molar refractivity (Wildman–Crippen MR) is 463 cm³/mol. The van der Waals surface area contributed by atoms with Crippen LogP contribution in [0.25, 0.3) is 109 Å². The van der Waals surface area contributed by atoms with E-state index in [1.54, 1.807) is 0 Å². The molecule has 11 aromatic rings. The Hall–Kier alpha value is -4.75. The number of furan rings is 1. The molecular weight excluding hydrogens is 941 g/mol. The van der Waals surface area contributed by atoms with Gasteiger partial charge < -0.3 is 4.42 Å². The molecular formula is C50H60B30O. The summed E-state index contributed by atoms with van der Waals surface area (Å²) in [6, 6.07) is 0. The Morgan fingerprint density at radius 2 is 0.309 bits per heavy atom. The zero-order chi connectivity index (χ0) is 59.6. The van der Waals surface area contributed by atoms with Crippen molar-refractivity contribution in [3.05, 3.63) is 0 Å². The fourth-order valence-corrected chi connectivity index (χ4v) is 16.5. The molecule has 0 aliphatic carbocycles. The summed E-state index contributed by atoms with van der Waals surface area (Å²) in [6.45, 7) is 0. The molecule has 0 amide bonds. The Morgan fingerprint density at radius 3 is 0.667 bits per heavy atom. The second-order valence-electron chi connectivity index (χ2n) is 26.3. The molecule has 0 aliphatic rings. The molecule has 0 saturated carbocycles. The average molecular weight is 1000 g/mol. The van der Waals surface area contributed by atoms with Crippen molar-refractivity contribution in [1.29, 1.82) is 0 Å². The highest BCUT2D eigenvalue weighted by molar-refractivity contribution is 6.79. The Morgan fingerprint density at radius 1 is 0.111 bits per heavy atom. The van der Waals surface area contributed by atoms with Crippen LogP contribution in [0.3, 0.4) is 0 Å². The first-order valence-corrected chi connectivity index (χ1v) is 30.2. The van der Waals surface area contributed by atoms with Crippen LogP contribution in [0.4, 0.5) is 0 Å². The number of rotatable bonds is 3. The monoisotopic (exact) mass is 1010 g/mol. The van der Waals surface area contributed by atoms with Gasteiger partial charge >= 0.3 is 0 Å². The first kappa shape index (κ1) is 58.0. The van der Waals surface area contributed by atoms with Crippen molar-refractivity contribution in [3.63, 3.8) is 0 Å². The van der Waals surface area contributed by atoms with Gasteiger partial charge in [0.25, 0.3) is 0 Å². The van der Waals surface area contributed by atoms with Crippen molar-refractivity contribution in [2.45, 2.75) is 0 Å². The summed E-state index contributed by atoms with van der Waals surface area (Å²) >= 11 is 0. The molecule has 356 valence electrons. The number of hydrogen-bond donors (Lipinski definition) is 0. The Labute approximate surface area is 509 Å². The lowest BCUT2D eigenvalue weighted by Crippen LogP contribution is -2.52. The van der Waals surface area contributed by atoms with E-state index in [4.69, 9.17) is 4.42 Å². The lowest BCUT2D eigenvalue weighted by Gasteiger charge is -2.32. The van der Waals surface area contributed by atoms with Gasteiger partial charge in [-0.2, -0.15) is 0 Å². The fraction of sp³-hybridized carbons (Fsp3) is 0. The predicted octanol–water partition coefficient (Wildman–Crippen LogP) is -37.9. The van der Waals surface area contributed by atoms with E-state index >= 15 is 0 Å². The van der Waals surface area contributed by atoms with Crippen LogP contribution < -0.4 is 164 Å². The summed E-state index contributed by atoms with van der Waals surface area (Å²) in [4.78, 5) is 0. The first-order chi connectivity index (χ1) is 37.8. The molecule has 1 nitrogen and oxygen atoms in total. The maximum atomic E-state index is 7.31. The Bertz CT molecular complexity index is 4820. The molecule has 1 aromatic heterocycles. The van der Waals surface area contributed by atoms with E-state index < -0.39 is 0 Å². The van der Waals surface area contributed by atoms with Gasteiger partial charge in [0, 0.05) is 10.8 Å². The van der Waals surface area contributed by atoms with Gasteiger partial charge in [-0.1, -0.05) is 115 Å². The maximum Gasteiger partial charge on any atom is 0.143 e. The lowest BCUT2D eigenvalue weighted by atomic mass is 9.55. The Kier molecular flexibility index (Phi) is 13.9. The molecule has 10 aromatic carbocycles. The summed E-state index contributed by atoms with van der Waals surface area (Å²) in [5.41, 5.74) is 51.5. The molecule has 0 saturated heterocycles. The van der Waals surface area contributed by atoms with E-state index in [2.05, 4.69) is 235 Å². The largest absolute Gasteiger partial charge is 0.457 e. The summed E-state index contributed by atoms with van der Waals surface area (Å²) in [7, 11) is 71.5. The van der Waals surface area contributed by atoms with Gasteiger partial charge in [-0.15, -0.1) is 49.2 Å². The van der Waals surface area contributed by atoms with Gasteiger partial charge in [-0.05, 0) is 87.2 Å². The molecule has 0 spiro atoms. The lowest BCUT2D eigenvalue weighted by molar-refractivity contribution is 0.675. The molecule has 1 heterocycles. The van der Waals surface area contributed by atoms with E-state index in [9.17, 15) is 0 Å². The number of hydrogen-bond acceptors (Lipinski definition) is 1. The SMILES string of the molecule is Bc1c(B)c(-c2c(B)c(B)c(B)c3c(B)c(B)c4c(B)c(B)c(B)c(B)c4c23)c(B)c(B)c1-c1c2c(B)c(B)c(B)c(B)c2c(-c2c(B)c(B)c3oc4c(B)c(B)c5c(B)c(B)c(B)c(B)c5c4c3c2B)c2c(B)c(B)c(B)c(B)c12. The van der Waals surface area contributed by atoms with Crippen LogP contribution in [0.1, 0.15) is 0 Å². The number of fused-ring (bicyclic) bond motifs is 10. The third kappa shape index (κ3) is 7.30. The highest BCUT2D eigenvalue weighted by atomic mass is 16.3. The van der Waals surface area contributed by atoms with Crippen molar-refractivity contribution < 1.29 is 4.42 Å².